The SMILES string of the molecule is Cc1cc([C@H](C(=O)N2C[C@H](O)C[C@H]2C(=O)N[C@@H](C)c2ccc(-c3scnc3C)cc2)[C@@H](C)COCCCCOc2cc(N3C4CCC3CN(c3cc(-c5ccccc5O)nnc3N)C4)ccn2)on1. The van der Waals surface area contributed by atoms with E-state index in [0.29, 0.717) is 47.6 Å². The molecule has 9 rings (SSSR count). The minimum Gasteiger partial charge on any atom is -0.507 e. The lowest BCUT2D eigenvalue weighted by atomic mass is 9.90. The van der Waals surface area contributed by atoms with Gasteiger partial charge in [-0.3, -0.25) is 9.59 Å². The molecule has 18 heteroatoms. The number of aliphatic hydroxyl groups excluding tert-OH is 1. The minimum absolute atomic E-state index is 0.0321. The Balaban J connectivity index is 0.750. The predicted octanol–water partition coefficient (Wildman–Crippen LogP) is 6.85. The lowest BCUT2D eigenvalue weighted by molar-refractivity contribution is -0.141. The maximum Gasteiger partial charge on any atom is 0.243 e. The van der Waals surface area contributed by atoms with Crippen LogP contribution >= 0.6 is 11.3 Å². The smallest absolute Gasteiger partial charge is 0.243 e. The number of unbranched alkanes of at least 4 members (excludes halogenated alkanes) is 1. The molecule has 362 valence electrons. The first-order valence-electron chi connectivity index (χ1n) is 23.8. The monoisotopic (exact) mass is 956 g/mol. The number of nitrogens with one attached hydrogen (secondary N) is 1. The number of nitrogens with two attached hydrogens (primary N) is 1. The van der Waals surface area contributed by atoms with Crippen molar-refractivity contribution in [3.05, 3.63) is 107 Å². The molecule has 0 radical (unpaired) electrons. The molecule has 2 unspecified atom stereocenters. The molecule has 3 fully saturated rings. The molecule has 0 saturated carbocycles. The first-order valence-corrected chi connectivity index (χ1v) is 24.6. The Morgan fingerprint density at radius 1 is 0.957 bits per heavy atom. The number of ether oxygens (including phenoxy) is 2. The number of likely N-dealkylation sites (tertiary alicyclic amines) is 1. The second-order valence-corrected chi connectivity index (χ2v) is 19.4. The third-order valence-corrected chi connectivity index (χ3v) is 14.5. The third-order valence-electron chi connectivity index (χ3n) is 13.6. The number of carbonyl (C=O) groups is 2. The van der Waals surface area contributed by atoms with Crippen molar-refractivity contribution in [1.82, 2.24) is 35.5 Å². The number of carbonyl (C=O) groups excluding carboxylic acids is 2. The number of rotatable bonds is 18. The van der Waals surface area contributed by atoms with Gasteiger partial charge in [0.05, 0.1) is 58.5 Å². The Kier molecular flexibility index (Phi) is 14.4. The first kappa shape index (κ1) is 47.4. The molecule has 0 aliphatic carbocycles. The highest BCUT2D eigenvalue weighted by Crippen LogP contribution is 2.40. The average Bonchev–Trinajstić information content (AvgIpc) is 4.14. The summed E-state index contributed by atoms with van der Waals surface area (Å²) in [5, 5.41) is 36.9. The van der Waals surface area contributed by atoms with E-state index in [1.165, 1.54) is 4.90 Å². The summed E-state index contributed by atoms with van der Waals surface area (Å²) < 4.78 is 18.0. The van der Waals surface area contributed by atoms with E-state index in [4.69, 9.17) is 19.7 Å². The Morgan fingerprint density at radius 3 is 2.45 bits per heavy atom. The molecular weight excluding hydrogens is 897 g/mol. The molecule has 7 atom stereocenters. The number of hydrogen-bond donors (Lipinski definition) is 4. The van der Waals surface area contributed by atoms with E-state index in [9.17, 15) is 19.8 Å². The van der Waals surface area contributed by atoms with Gasteiger partial charge in [-0.15, -0.1) is 21.5 Å². The van der Waals surface area contributed by atoms with Gasteiger partial charge < -0.3 is 50.0 Å². The molecule has 17 nitrogen and oxygen atoms in total. The molecule has 6 aromatic rings. The summed E-state index contributed by atoms with van der Waals surface area (Å²) in [6.45, 7) is 10.3. The van der Waals surface area contributed by atoms with Crippen LogP contribution in [0.3, 0.4) is 0 Å². The molecule has 3 aliphatic heterocycles. The molecule has 5 N–H and O–H groups in total. The normalized spacial score (nSPS) is 20.2. The van der Waals surface area contributed by atoms with Gasteiger partial charge in [0.1, 0.15) is 23.5 Å². The zero-order chi connectivity index (χ0) is 48.2. The number of phenolic OH excluding ortho intramolecular Hbond substituents is 1. The van der Waals surface area contributed by atoms with E-state index >= 15 is 0 Å². The summed E-state index contributed by atoms with van der Waals surface area (Å²) in [6, 6.07) is 22.2. The molecule has 2 aromatic carbocycles. The molecule has 3 saturated heterocycles. The number of amides is 2. The van der Waals surface area contributed by atoms with Crippen molar-refractivity contribution < 1.29 is 33.8 Å². The van der Waals surface area contributed by atoms with Crippen LogP contribution in [0.5, 0.6) is 11.6 Å². The van der Waals surface area contributed by atoms with Gasteiger partial charge in [0, 0.05) is 74.3 Å². The van der Waals surface area contributed by atoms with Crippen LogP contribution in [-0.2, 0) is 14.3 Å². The first-order chi connectivity index (χ1) is 33.4. The molecule has 7 heterocycles. The molecular formula is C51H60N10O7S. The fraction of sp³-hybridized carbons (Fsp3) is 0.431. The summed E-state index contributed by atoms with van der Waals surface area (Å²) in [4.78, 5) is 44.5. The molecule has 69 heavy (non-hydrogen) atoms. The molecule has 0 spiro atoms. The summed E-state index contributed by atoms with van der Waals surface area (Å²) in [6.07, 6.45) is 4.62. The topological polar surface area (TPSA) is 218 Å². The van der Waals surface area contributed by atoms with Crippen LogP contribution in [-0.4, -0.2) is 116 Å². The number of anilines is 3. The van der Waals surface area contributed by atoms with Gasteiger partial charge in [0.2, 0.25) is 17.7 Å². The van der Waals surface area contributed by atoms with Crippen LogP contribution in [0.25, 0.3) is 21.7 Å². The number of thiazole rings is 1. The van der Waals surface area contributed by atoms with Gasteiger partial charge in [-0.25, -0.2) is 9.97 Å². The van der Waals surface area contributed by atoms with Crippen LogP contribution in [0.2, 0.25) is 0 Å². The number of nitrogen functional groups attached to an aromatic ring is 1. The van der Waals surface area contributed by atoms with E-state index in [2.05, 4.69) is 40.4 Å². The number of β-amino-alcohol motifs (C(OH)–C–C–N with tert-alkyl or cyclic N) is 1. The minimum atomic E-state index is -0.855. The summed E-state index contributed by atoms with van der Waals surface area (Å²) in [5.74, 6) is -0.279. The highest BCUT2D eigenvalue weighted by Gasteiger charge is 2.45. The number of phenols is 1. The number of hydrogen-bond acceptors (Lipinski definition) is 16. The third kappa shape index (κ3) is 10.5. The number of aromatic hydroxyl groups is 1. The number of piperazine rings is 1. The number of nitrogens with zero attached hydrogens (tertiary/aromatic N) is 8. The average molecular weight is 957 g/mol. The van der Waals surface area contributed by atoms with Crippen LogP contribution in [0.1, 0.15) is 80.6 Å². The van der Waals surface area contributed by atoms with Crippen molar-refractivity contribution in [2.75, 3.05) is 55.0 Å². The van der Waals surface area contributed by atoms with Crippen molar-refractivity contribution in [2.45, 2.75) is 96.0 Å². The fourth-order valence-electron chi connectivity index (χ4n) is 10.0. The number of aromatic nitrogens is 5. The molecule has 4 aromatic heterocycles. The van der Waals surface area contributed by atoms with Gasteiger partial charge in [-0.05, 0) is 87.8 Å². The van der Waals surface area contributed by atoms with E-state index in [-0.39, 0.29) is 61.2 Å². The van der Waals surface area contributed by atoms with E-state index < -0.39 is 18.1 Å². The zero-order valence-corrected chi connectivity index (χ0v) is 40.2. The number of para-hydroxylation sites is 1. The zero-order valence-electron chi connectivity index (χ0n) is 39.4. The maximum atomic E-state index is 14.5. The van der Waals surface area contributed by atoms with Crippen LogP contribution < -0.4 is 25.6 Å². The van der Waals surface area contributed by atoms with E-state index in [1.54, 1.807) is 42.7 Å². The molecule has 2 bridgehead atoms. The van der Waals surface area contributed by atoms with E-state index in [0.717, 1.165) is 71.8 Å². The second kappa shape index (κ2) is 20.9. The van der Waals surface area contributed by atoms with Gasteiger partial charge in [-0.2, -0.15) is 0 Å². The predicted molar refractivity (Wildman–Crippen MR) is 263 cm³/mol. The quantitative estimate of drug-likeness (QED) is 0.0648. The standard InChI is InChI=1S/C51H60N10O7S/c1-30(47(45-21-31(2)58-68-45)51(65)60-27-39(62)23-43(60)50(64)55-32(3)34-11-13-35(14-12-34)48-33(4)54-29-69-48)28-66-19-7-8-20-67-46-22-36(17-18-53-46)61-37-15-16-38(61)26-59(25-37)42-24-41(56-57-49(42)52)40-9-5-6-10-44(40)63/h5-6,9-14,17-18,21-22,24,29-30,32,37-39,43,47,62-63H,7-8,15-16,19-20,23,25-28H2,1-4H3,(H2,52,57)(H,55,64)/t30-,32-,37?,38?,39+,43-,47+/m0/s1. The van der Waals surface area contributed by atoms with Crippen LogP contribution in [0.4, 0.5) is 17.2 Å². The maximum absolute atomic E-state index is 14.5. The summed E-state index contributed by atoms with van der Waals surface area (Å²) in [5.41, 5.74) is 14.9. The van der Waals surface area contributed by atoms with Crippen LogP contribution in [0.15, 0.2) is 89.0 Å². The summed E-state index contributed by atoms with van der Waals surface area (Å²) in [7, 11) is 0. The summed E-state index contributed by atoms with van der Waals surface area (Å²) >= 11 is 1.59. The van der Waals surface area contributed by atoms with Gasteiger partial charge in [0.15, 0.2) is 5.82 Å². The number of benzene rings is 2. The van der Waals surface area contributed by atoms with Crippen molar-refractivity contribution in [3.8, 4) is 33.3 Å². The number of aliphatic hydroxyl groups is 1. The van der Waals surface area contributed by atoms with Crippen LogP contribution in [0, 0.1) is 19.8 Å². The Hall–Kier alpha value is -6.63. The largest absolute Gasteiger partial charge is 0.507 e. The molecule has 2 amide bonds. The van der Waals surface area contributed by atoms with Crippen molar-refractivity contribution in [2.24, 2.45) is 5.92 Å². The van der Waals surface area contributed by atoms with Gasteiger partial charge >= 0.3 is 0 Å². The number of aryl methyl sites for hydroxylation is 2. The number of fused-ring (bicyclic) bond motifs is 2. The number of pyridine rings is 1. The van der Waals surface area contributed by atoms with Gasteiger partial charge in [-0.1, -0.05) is 48.5 Å². The van der Waals surface area contributed by atoms with Crippen molar-refractivity contribution in [1.29, 1.82) is 0 Å². The van der Waals surface area contributed by atoms with Crippen molar-refractivity contribution >= 4 is 40.3 Å². The van der Waals surface area contributed by atoms with Gasteiger partial charge in [0.25, 0.3) is 0 Å². The Labute approximate surface area is 405 Å². The molecule has 3 aliphatic rings. The second-order valence-electron chi connectivity index (χ2n) is 18.5. The highest BCUT2D eigenvalue weighted by atomic mass is 32.1. The lowest BCUT2D eigenvalue weighted by Gasteiger charge is -2.43. The Bertz CT molecular complexity index is 2720. The Morgan fingerprint density at radius 2 is 1.72 bits per heavy atom. The lowest BCUT2D eigenvalue weighted by Crippen LogP contribution is -2.54. The van der Waals surface area contributed by atoms with Crippen molar-refractivity contribution in [3.63, 3.8) is 0 Å². The highest BCUT2D eigenvalue weighted by molar-refractivity contribution is 7.13. The fourth-order valence-corrected chi connectivity index (χ4v) is 10.8. The van der Waals surface area contributed by atoms with E-state index in [1.807, 2.05) is 80.9 Å².